The summed E-state index contributed by atoms with van der Waals surface area (Å²) >= 11 is 0. The molecular weight excluding hydrogens is 248 g/mol. The minimum absolute atomic E-state index is 0.492. The van der Waals surface area contributed by atoms with Crippen LogP contribution in [0, 0.1) is 0 Å². The van der Waals surface area contributed by atoms with Crippen LogP contribution in [0.25, 0.3) is 0 Å². The number of unbranched alkanes of at least 4 members (excludes halogenated alkanes) is 3. The van der Waals surface area contributed by atoms with Crippen molar-refractivity contribution in [1.82, 2.24) is 10.3 Å². The number of pyridine rings is 1. The van der Waals surface area contributed by atoms with Gasteiger partial charge in [0, 0.05) is 24.3 Å². The van der Waals surface area contributed by atoms with Crippen molar-refractivity contribution >= 4 is 0 Å². The molecule has 0 saturated heterocycles. The van der Waals surface area contributed by atoms with Crippen molar-refractivity contribution in [2.75, 3.05) is 6.61 Å². The Morgan fingerprint density at radius 3 is 2.60 bits per heavy atom. The lowest BCUT2D eigenvalue weighted by molar-refractivity contribution is 0.292. The predicted molar refractivity (Wildman–Crippen MR) is 85.2 cm³/mol. The van der Waals surface area contributed by atoms with Gasteiger partial charge in [0.05, 0.1) is 6.61 Å². The van der Waals surface area contributed by atoms with Gasteiger partial charge in [-0.1, -0.05) is 47.0 Å². The van der Waals surface area contributed by atoms with E-state index < -0.39 is 0 Å². The van der Waals surface area contributed by atoms with Gasteiger partial charge in [-0.25, -0.2) is 4.98 Å². The van der Waals surface area contributed by atoms with Crippen LogP contribution in [0.3, 0.4) is 0 Å². The second kappa shape index (κ2) is 9.76. The van der Waals surface area contributed by atoms with Crippen molar-refractivity contribution < 1.29 is 4.74 Å². The number of aryl methyl sites for hydroxylation is 1. The highest BCUT2D eigenvalue weighted by Crippen LogP contribution is 2.14. The summed E-state index contributed by atoms with van der Waals surface area (Å²) in [5.41, 5.74) is 2.37. The number of nitrogens with one attached hydrogen (secondary N) is 1. The molecule has 1 heterocycles. The lowest BCUT2D eigenvalue weighted by Gasteiger charge is -2.12. The minimum Gasteiger partial charge on any atom is -0.478 e. The van der Waals surface area contributed by atoms with E-state index in [4.69, 9.17) is 4.74 Å². The molecule has 1 rings (SSSR count). The fourth-order valence-electron chi connectivity index (χ4n) is 2.01. The Morgan fingerprint density at radius 2 is 1.95 bits per heavy atom. The average Bonchev–Trinajstić information content (AvgIpc) is 2.44. The van der Waals surface area contributed by atoms with Gasteiger partial charge >= 0.3 is 0 Å². The number of hydrogen-bond donors (Lipinski definition) is 1. The molecule has 3 nitrogen and oxygen atoms in total. The van der Waals surface area contributed by atoms with Crippen LogP contribution in [0.4, 0.5) is 0 Å². The molecule has 0 aliphatic heterocycles. The molecule has 0 atom stereocenters. The SMILES string of the molecule is CCCCCCOc1cc(CNC(C)C)cc(CC)n1. The summed E-state index contributed by atoms with van der Waals surface area (Å²) in [5.74, 6) is 0.779. The third kappa shape index (κ3) is 6.90. The minimum atomic E-state index is 0.492. The Bertz CT molecular complexity index is 377. The van der Waals surface area contributed by atoms with Crippen molar-refractivity contribution in [2.45, 2.75) is 72.4 Å². The average molecular weight is 278 g/mol. The highest BCUT2D eigenvalue weighted by Gasteiger charge is 2.04. The van der Waals surface area contributed by atoms with E-state index in [2.05, 4.69) is 50.1 Å². The molecule has 0 unspecified atom stereocenters. The van der Waals surface area contributed by atoms with Crippen molar-refractivity contribution in [2.24, 2.45) is 0 Å². The van der Waals surface area contributed by atoms with E-state index in [9.17, 15) is 0 Å². The molecule has 0 aliphatic carbocycles. The van der Waals surface area contributed by atoms with E-state index in [1.165, 1.54) is 24.8 Å². The maximum Gasteiger partial charge on any atom is 0.213 e. The van der Waals surface area contributed by atoms with Crippen molar-refractivity contribution in [3.8, 4) is 5.88 Å². The molecule has 0 aromatic carbocycles. The number of aromatic nitrogens is 1. The Labute approximate surface area is 124 Å². The molecule has 0 radical (unpaired) electrons. The fraction of sp³-hybridized carbons (Fsp3) is 0.706. The number of ether oxygens (including phenoxy) is 1. The molecule has 20 heavy (non-hydrogen) atoms. The molecule has 0 aliphatic rings. The van der Waals surface area contributed by atoms with Gasteiger partial charge in [-0.15, -0.1) is 0 Å². The third-order valence-electron chi connectivity index (χ3n) is 3.24. The largest absolute Gasteiger partial charge is 0.478 e. The molecule has 114 valence electrons. The standard InChI is InChI=1S/C17H30N2O/c1-5-7-8-9-10-20-17-12-15(13-18-14(3)4)11-16(6-2)19-17/h11-12,14,18H,5-10,13H2,1-4H3. The first kappa shape index (κ1) is 17.0. The lowest BCUT2D eigenvalue weighted by atomic mass is 10.2. The summed E-state index contributed by atoms with van der Waals surface area (Å²) in [6.45, 7) is 10.3. The fourth-order valence-corrected chi connectivity index (χ4v) is 2.01. The second-order valence-electron chi connectivity index (χ2n) is 5.60. The van der Waals surface area contributed by atoms with E-state index in [1.807, 2.05) is 0 Å². The van der Waals surface area contributed by atoms with Crippen LogP contribution in [-0.2, 0) is 13.0 Å². The van der Waals surface area contributed by atoms with Gasteiger partial charge in [0.15, 0.2) is 0 Å². The van der Waals surface area contributed by atoms with Crippen LogP contribution >= 0.6 is 0 Å². The molecule has 0 amide bonds. The van der Waals surface area contributed by atoms with Gasteiger partial charge in [-0.05, 0) is 24.5 Å². The van der Waals surface area contributed by atoms with Crippen molar-refractivity contribution in [1.29, 1.82) is 0 Å². The molecule has 1 N–H and O–H groups in total. The second-order valence-corrected chi connectivity index (χ2v) is 5.60. The Morgan fingerprint density at radius 1 is 1.15 bits per heavy atom. The highest BCUT2D eigenvalue weighted by molar-refractivity contribution is 5.25. The van der Waals surface area contributed by atoms with Gasteiger partial charge < -0.3 is 10.1 Å². The topological polar surface area (TPSA) is 34.1 Å². The lowest BCUT2D eigenvalue weighted by Crippen LogP contribution is -2.22. The third-order valence-corrected chi connectivity index (χ3v) is 3.24. The summed E-state index contributed by atoms with van der Waals surface area (Å²) in [6.07, 6.45) is 5.85. The number of nitrogens with zero attached hydrogens (tertiary/aromatic N) is 1. The Hall–Kier alpha value is -1.09. The van der Waals surface area contributed by atoms with Crippen LogP contribution in [0.15, 0.2) is 12.1 Å². The van der Waals surface area contributed by atoms with E-state index in [1.54, 1.807) is 0 Å². The molecule has 3 heteroatoms. The van der Waals surface area contributed by atoms with Gasteiger partial charge in [-0.2, -0.15) is 0 Å². The first-order chi connectivity index (χ1) is 9.65. The van der Waals surface area contributed by atoms with Gasteiger partial charge in [0.25, 0.3) is 0 Å². The van der Waals surface area contributed by atoms with Gasteiger partial charge in [0.2, 0.25) is 5.88 Å². The zero-order chi connectivity index (χ0) is 14.8. The van der Waals surface area contributed by atoms with Crippen LogP contribution in [0.1, 0.15) is 64.6 Å². The van der Waals surface area contributed by atoms with Crippen LogP contribution in [-0.4, -0.2) is 17.6 Å². The van der Waals surface area contributed by atoms with Crippen LogP contribution < -0.4 is 10.1 Å². The molecule has 0 bridgehead atoms. The quantitative estimate of drug-likeness (QED) is 0.654. The van der Waals surface area contributed by atoms with E-state index in [-0.39, 0.29) is 0 Å². The smallest absolute Gasteiger partial charge is 0.213 e. The number of hydrogen-bond acceptors (Lipinski definition) is 3. The molecule has 0 saturated carbocycles. The van der Waals surface area contributed by atoms with E-state index >= 15 is 0 Å². The molecular formula is C17H30N2O. The molecule has 0 spiro atoms. The van der Waals surface area contributed by atoms with Gasteiger partial charge in [-0.3, -0.25) is 0 Å². The first-order valence-electron chi connectivity index (χ1n) is 8.01. The predicted octanol–water partition coefficient (Wildman–Crippen LogP) is 4.10. The normalized spacial score (nSPS) is 11.1. The first-order valence-corrected chi connectivity index (χ1v) is 8.01. The summed E-state index contributed by atoms with van der Waals surface area (Å²) in [5, 5.41) is 3.44. The molecule has 1 aromatic rings. The summed E-state index contributed by atoms with van der Waals surface area (Å²) in [4.78, 5) is 4.55. The Balaban J connectivity index is 2.53. The molecule has 1 aromatic heterocycles. The van der Waals surface area contributed by atoms with Gasteiger partial charge in [0.1, 0.15) is 0 Å². The maximum atomic E-state index is 5.80. The molecule has 0 fully saturated rings. The maximum absolute atomic E-state index is 5.80. The highest BCUT2D eigenvalue weighted by atomic mass is 16.5. The van der Waals surface area contributed by atoms with E-state index in [0.29, 0.717) is 6.04 Å². The summed E-state index contributed by atoms with van der Waals surface area (Å²) in [6, 6.07) is 4.72. The van der Waals surface area contributed by atoms with Crippen LogP contribution in [0.2, 0.25) is 0 Å². The van der Waals surface area contributed by atoms with Crippen molar-refractivity contribution in [3.05, 3.63) is 23.4 Å². The number of rotatable bonds is 10. The van der Waals surface area contributed by atoms with Crippen molar-refractivity contribution in [3.63, 3.8) is 0 Å². The monoisotopic (exact) mass is 278 g/mol. The Kier molecular flexibility index (Phi) is 8.28. The van der Waals surface area contributed by atoms with E-state index in [0.717, 1.165) is 37.6 Å². The van der Waals surface area contributed by atoms with Crippen LogP contribution in [0.5, 0.6) is 5.88 Å². The zero-order valence-corrected chi connectivity index (χ0v) is 13.5. The zero-order valence-electron chi connectivity index (χ0n) is 13.5. The summed E-state index contributed by atoms with van der Waals surface area (Å²) < 4.78 is 5.80. The summed E-state index contributed by atoms with van der Waals surface area (Å²) in [7, 11) is 0.